The van der Waals surface area contributed by atoms with Crippen LogP contribution in [0.5, 0.6) is 11.5 Å². The molecule has 0 spiro atoms. The number of benzene rings is 1. The predicted molar refractivity (Wildman–Crippen MR) is 98.0 cm³/mol. The van der Waals surface area contributed by atoms with Gasteiger partial charge < -0.3 is 14.8 Å². The number of hydrogen-bond donors (Lipinski definition) is 1. The minimum Gasteiger partial charge on any atom is -0.497 e. The van der Waals surface area contributed by atoms with Gasteiger partial charge in [-0.1, -0.05) is 6.07 Å². The summed E-state index contributed by atoms with van der Waals surface area (Å²) in [4.78, 5) is 14.8. The number of carbonyl (C=O) groups excluding carboxylic acids is 1. The molecule has 6 nitrogen and oxygen atoms in total. The van der Waals surface area contributed by atoms with Crippen LogP contribution in [-0.4, -0.2) is 43.7 Å². The van der Waals surface area contributed by atoms with Crippen molar-refractivity contribution in [2.45, 2.75) is 44.2 Å². The lowest BCUT2D eigenvalue weighted by Crippen LogP contribution is -2.50. The second-order valence-electron chi connectivity index (χ2n) is 7.37. The molecule has 0 bridgehead atoms. The number of nitrogens with one attached hydrogen (secondary N) is 1. The van der Waals surface area contributed by atoms with Crippen LogP contribution < -0.4 is 14.8 Å². The van der Waals surface area contributed by atoms with Crippen molar-refractivity contribution in [3.8, 4) is 17.6 Å². The number of rotatable bonds is 7. The molecule has 0 aromatic heterocycles. The van der Waals surface area contributed by atoms with Gasteiger partial charge in [0.1, 0.15) is 17.0 Å². The van der Waals surface area contributed by atoms with E-state index < -0.39 is 5.54 Å². The monoisotopic (exact) mass is 357 g/mol. The fourth-order valence-corrected chi connectivity index (χ4v) is 3.86. The smallest absolute Gasteiger partial charge is 0.235 e. The highest BCUT2D eigenvalue weighted by Crippen LogP contribution is 2.40. The number of carbonyl (C=O) groups is 1. The highest BCUT2D eigenvalue weighted by Gasteiger charge is 2.43. The van der Waals surface area contributed by atoms with Gasteiger partial charge in [-0.05, 0) is 51.1 Å². The average Bonchev–Trinajstić information content (AvgIpc) is 3.42. The summed E-state index contributed by atoms with van der Waals surface area (Å²) in [7, 11) is 3.28. The van der Waals surface area contributed by atoms with Gasteiger partial charge in [0.15, 0.2) is 0 Å². The summed E-state index contributed by atoms with van der Waals surface area (Å²) < 4.78 is 10.8. The van der Waals surface area contributed by atoms with E-state index in [-0.39, 0.29) is 17.9 Å². The maximum absolute atomic E-state index is 12.6. The fourth-order valence-electron chi connectivity index (χ4n) is 3.86. The van der Waals surface area contributed by atoms with Gasteiger partial charge in [-0.2, -0.15) is 5.26 Å². The van der Waals surface area contributed by atoms with Crippen molar-refractivity contribution in [2.75, 3.05) is 27.3 Å². The van der Waals surface area contributed by atoms with Gasteiger partial charge in [-0.15, -0.1) is 0 Å². The van der Waals surface area contributed by atoms with Gasteiger partial charge in [0.25, 0.3) is 0 Å². The minimum atomic E-state index is -0.746. The van der Waals surface area contributed by atoms with Crippen molar-refractivity contribution in [3.05, 3.63) is 23.8 Å². The molecular weight excluding hydrogens is 330 g/mol. The van der Waals surface area contributed by atoms with Gasteiger partial charge >= 0.3 is 0 Å². The molecule has 6 heteroatoms. The van der Waals surface area contributed by atoms with Crippen LogP contribution >= 0.6 is 0 Å². The van der Waals surface area contributed by atoms with Crippen LogP contribution in [0.15, 0.2) is 18.2 Å². The van der Waals surface area contributed by atoms with E-state index in [1.165, 1.54) is 0 Å². The molecule has 1 N–H and O–H groups in total. The number of amides is 1. The van der Waals surface area contributed by atoms with Crippen molar-refractivity contribution in [2.24, 2.45) is 5.92 Å². The number of hydrogen-bond acceptors (Lipinski definition) is 5. The summed E-state index contributed by atoms with van der Waals surface area (Å²) in [6.45, 7) is 2.99. The third-order valence-electron chi connectivity index (χ3n) is 5.54. The first kappa shape index (κ1) is 18.5. The Morgan fingerprint density at radius 3 is 2.73 bits per heavy atom. The zero-order valence-corrected chi connectivity index (χ0v) is 15.7. The van der Waals surface area contributed by atoms with Gasteiger partial charge in [-0.25, -0.2) is 0 Å². The molecule has 0 unspecified atom stereocenters. The number of methoxy groups -OCH3 is 2. The summed E-state index contributed by atoms with van der Waals surface area (Å²) >= 11 is 0. The molecule has 140 valence electrons. The quantitative estimate of drug-likeness (QED) is 0.812. The highest BCUT2D eigenvalue weighted by atomic mass is 16.5. The molecule has 26 heavy (non-hydrogen) atoms. The van der Waals surface area contributed by atoms with Crippen molar-refractivity contribution in [1.82, 2.24) is 10.2 Å². The van der Waals surface area contributed by atoms with Crippen molar-refractivity contribution < 1.29 is 14.3 Å². The van der Waals surface area contributed by atoms with E-state index in [1.54, 1.807) is 14.2 Å². The molecule has 1 aliphatic carbocycles. The van der Waals surface area contributed by atoms with Gasteiger partial charge in [0.05, 0.1) is 26.8 Å². The third-order valence-corrected chi connectivity index (χ3v) is 5.54. The zero-order chi connectivity index (χ0) is 18.7. The van der Waals surface area contributed by atoms with E-state index in [4.69, 9.17) is 9.47 Å². The van der Waals surface area contributed by atoms with Crippen molar-refractivity contribution in [3.63, 3.8) is 0 Å². The molecule has 2 fully saturated rings. The molecule has 2 atom stereocenters. The number of nitrogens with zero attached hydrogens (tertiary/aromatic N) is 2. The van der Waals surface area contributed by atoms with E-state index >= 15 is 0 Å². The van der Waals surface area contributed by atoms with Gasteiger partial charge in [0, 0.05) is 17.7 Å². The molecule has 2 aliphatic rings. The van der Waals surface area contributed by atoms with E-state index in [2.05, 4.69) is 16.3 Å². The third kappa shape index (κ3) is 3.78. The van der Waals surface area contributed by atoms with Crippen LogP contribution in [0.4, 0.5) is 0 Å². The van der Waals surface area contributed by atoms with E-state index in [0.29, 0.717) is 6.54 Å². The second-order valence-corrected chi connectivity index (χ2v) is 7.37. The van der Waals surface area contributed by atoms with Crippen LogP contribution in [0.2, 0.25) is 0 Å². The normalized spacial score (nSPS) is 22.3. The molecular formula is C20H27N3O3. The maximum Gasteiger partial charge on any atom is 0.235 e. The van der Waals surface area contributed by atoms with E-state index in [9.17, 15) is 10.1 Å². The summed E-state index contributed by atoms with van der Waals surface area (Å²) in [5, 5.41) is 12.4. The Morgan fingerprint density at radius 1 is 1.35 bits per heavy atom. The average molecular weight is 357 g/mol. The Kier molecular flexibility index (Phi) is 5.38. The molecule has 1 aromatic carbocycles. The molecule has 1 aliphatic heterocycles. The standard InChI is InChI=1S/C20H27N3O3/c1-20(13-21,14-6-7-14)22-19(24)12-23-10-4-5-17(23)16-9-8-15(25-2)11-18(16)26-3/h8-9,11,14,17H,4-7,10,12H2,1-3H3,(H,22,24)/t17-,20-/m1/s1. The Bertz CT molecular complexity index is 711. The molecule has 0 radical (unpaired) electrons. The van der Waals surface area contributed by atoms with Crippen LogP contribution in [0.3, 0.4) is 0 Å². The Morgan fingerprint density at radius 2 is 2.12 bits per heavy atom. The number of likely N-dealkylation sites (tertiary alicyclic amines) is 1. The van der Waals surface area contributed by atoms with Crippen LogP contribution in [0.25, 0.3) is 0 Å². The second kappa shape index (κ2) is 7.55. The summed E-state index contributed by atoms with van der Waals surface area (Å²) in [6, 6.07) is 8.24. The van der Waals surface area contributed by atoms with Crippen LogP contribution in [0, 0.1) is 17.2 Å². The summed E-state index contributed by atoms with van der Waals surface area (Å²) in [5.74, 6) is 1.73. The van der Waals surface area contributed by atoms with Crippen molar-refractivity contribution >= 4 is 5.91 Å². The first-order valence-corrected chi connectivity index (χ1v) is 9.19. The topological polar surface area (TPSA) is 74.6 Å². The first-order valence-electron chi connectivity index (χ1n) is 9.19. The lowest BCUT2D eigenvalue weighted by atomic mass is 9.98. The molecule has 3 rings (SSSR count). The van der Waals surface area contributed by atoms with Crippen LogP contribution in [-0.2, 0) is 4.79 Å². The largest absolute Gasteiger partial charge is 0.497 e. The lowest BCUT2D eigenvalue weighted by molar-refractivity contribution is -0.123. The molecule has 1 aromatic rings. The fraction of sp³-hybridized carbons (Fsp3) is 0.600. The predicted octanol–water partition coefficient (Wildman–Crippen LogP) is 2.65. The minimum absolute atomic E-state index is 0.0830. The van der Waals surface area contributed by atoms with E-state index in [1.807, 2.05) is 25.1 Å². The number of nitriles is 1. The molecule has 1 saturated heterocycles. The summed E-state index contributed by atoms with van der Waals surface area (Å²) in [5.41, 5.74) is 0.327. The highest BCUT2D eigenvalue weighted by molar-refractivity contribution is 5.79. The first-order chi connectivity index (χ1) is 12.5. The molecule has 1 amide bonds. The maximum atomic E-state index is 12.6. The van der Waals surface area contributed by atoms with E-state index in [0.717, 1.165) is 49.3 Å². The summed E-state index contributed by atoms with van der Waals surface area (Å²) in [6.07, 6.45) is 4.04. The number of ether oxygens (including phenoxy) is 2. The Hall–Kier alpha value is -2.26. The SMILES string of the molecule is COc1ccc([C@H]2CCCN2CC(=O)N[C@](C)(C#N)C2CC2)c(OC)c1. The molecule has 1 saturated carbocycles. The van der Waals surface area contributed by atoms with Crippen LogP contribution in [0.1, 0.15) is 44.2 Å². The Balaban J connectivity index is 1.70. The zero-order valence-electron chi connectivity index (χ0n) is 15.7. The molecule has 1 heterocycles. The lowest BCUT2D eigenvalue weighted by Gasteiger charge is -2.28. The van der Waals surface area contributed by atoms with Gasteiger partial charge in [0.2, 0.25) is 5.91 Å². The Labute approximate surface area is 155 Å². The van der Waals surface area contributed by atoms with Crippen molar-refractivity contribution in [1.29, 1.82) is 5.26 Å². The van der Waals surface area contributed by atoms with Gasteiger partial charge in [-0.3, -0.25) is 9.69 Å².